The third-order valence-electron chi connectivity index (χ3n) is 3.80. The number of rotatable bonds is 4. The van der Waals surface area contributed by atoms with Gasteiger partial charge < -0.3 is 5.32 Å². The van der Waals surface area contributed by atoms with E-state index in [0.717, 1.165) is 11.1 Å². The van der Waals surface area contributed by atoms with Gasteiger partial charge >= 0.3 is 0 Å². The van der Waals surface area contributed by atoms with Crippen molar-refractivity contribution < 1.29 is 0 Å². The van der Waals surface area contributed by atoms with Crippen molar-refractivity contribution in [2.24, 2.45) is 0 Å². The fourth-order valence-corrected chi connectivity index (χ4v) is 4.03. The monoisotopic (exact) mass is 272 g/mol. The first kappa shape index (κ1) is 12.8. The van der Waals surface area contributed by atoms with E-state index in [2.05, 4.69) is 59.3 Å². The van der Waals surface area contributed by atoms with Crippen LogP contribution in [0.5, 0.6) is 0 Å². The molecule has 1 aliphatic rings. The molecule has 2 atom stereocenters. The van der Waals surface area contributed by atoms with Gasteiger partial charge in [-0.15, -0.1) is 0 Å². The predicted octanol–water partition coefficient (Wildman–Crippen LogP) is 4.32. The van der Waals surface area contributed by atoms with E-state index in [1.807, 2.05) is 6.20 Å². The van der Waals surface area contributed by atoms with Gasteiger partial charge in [0.05, 0.1) is 0 Å². The SMILES string of the molecule is CCSC1CCC(Nc2nccc3ccccc23)C1. The number of aromatic nitrogens is 1. The van der Waals surface area contributed by atoms with Crippen molar-refractivity contribution in [3.63, 3.8) is 0 Å². The van der Waals surface area contributed by atoms with E-state index in [0.29, 0.717) is 6.04 Å². The lowest BCUT2D eigenvalue weighted by Crippen LogP contribution is -2.17. The van der Waals surface area contributed by atoms with E-state index in [-0.39, 0.29) is 0 Å². The Morgan fingerprint density at radius 3 is 3.05 bits per heavy atom. The summed E-state index contributed by atoms with van der Waals surface area (Å²) in [5, 5.41) is 6.97. The maximum atomic E-state index is 4.52. The van der Waals surface area contributed by atoms with Crippen molar-refractivity contribution in [3.05, 3.63) is 36.5 Å². The van der Waals surface area contributed by atoms with Gasteiger partial charge in [0.15, 0.2) is 0 Å². The van der Waals surface area contributed by atoms with Crippen molar-refractivity contribution in [2.75, 3.05) is 11.1 Å². The molecule has 2 nitrogen and oxygen atoms in total. The standard InChI is InChI=1S/C16H20N2S/c1-2-19-14-8-7-13(11-14)18-16-15-6-4-3-5-12(15)9-10-17-16/h3-6,9-10,13-14H,2,7-8,11H2,1H3,(H,17,18). The Hall–Kier alpha value is -1.22. The van der Waals surface area contributed by atoms with Crippen LogP contribution in [0.15, 0.2) is 36.5 Å². The predicted molar refractivity (Wildman–Crippen MR) is 84.9 cm³/mol. The molecule has 1 aliphatic carbocycles. The Labute approximate surface area is 119 Å². The van der Waals surface area contributed by atoms with Crippen molar-refractivity contribution in [2.45, 2.75) is 37.5 Å². The molecule has 3 rings (SSSR count). The molecule has 100 valence electrons. The lowest BCUT2D eigenvalue weighted by Gasteiger charge is -2.15. The molecule has 1 aromatic heterocycles. The van der Waals surface area contributed by atoms with Crippen molar-refractivity contribution >= 4 is 28.4 Å². The molecule has 0 radical (unpaired) electrons. The molecule has 0 bridgehead atoms. The van der Waals surface area contributed by atoms with Crippen LogP contribution in [0.4, 0.5) is 5.82 Å². The number of nitrogens with one attached hydrogen (secondary N) is 1. The Morgan fingerprint density at radius 2 is 2.16 bits per heavy atom. The number of fused-ring (bicyclic) bond motifs is 1. The van der Waals surface area contributed by atoms with Crippen molar-refractivity contribution in [1.29, 1.82) is 0 Å². The van der Waals surface area contributed by atoms with Gasteiger partial charge in [-0.2, -0.15) is 11.8 Å². The smallest absolute Gasteiger partial charge is 0.134 e. The molecule has 19 heavy (non-hydrogen) atoms. The molecular weight excluding hydrogens is 252 g/mol. The van der Waals surface area contributed by atoms with Gasteiger partial charge in [0.25, 0.3) is 0 Å². The number of anilines is 1. The van der Waals surface area contributed by atoms with Crippen molar-refractivity contribution in [3.8, 4) is 0 Å². The summed E-state index contributed by atoms with van der Waals surface area (Å²) in [5.41, 5.74) is 0. The normalized spacial score (nSPS) is 22.8. The van der Waals surface area contributed by atoms with Crippen LogP contribution in [0.3, 0.4) is 0 Å². The number of hydrogen-bond donors (Lipinski definition) is 1. The first-order valence-electron chi connectivity index (χ1n) is 7.08. The highest BCUT2D eigenvalue weighted by molar-refractivity contribution is 7.99. The van der Waals surface area contributed by atoms with E-state index < -0.39 is 0 Å². The van der Waals surface area contributed by atoms with E-state index in [1.165, 1.54) is 35.8 Å². The van der Waals surface area contributed by atoms with Crippen LogP contribution in [0.1, 0.15) is 26.2 Å². The fraction of sp³-hybridized carbons (Fsp3) is 0.438. The number of hydrogen-bond acceptors (Lipinski definition) is 3. The molecule has 0 spiro atoms. The largest absolute Gasteiger partial charge is 0.367 e. The summed E-state index contributed by atoms with van der Waals surface area (Å²) in [6, 6.07) is 11.1. The summed E-state index contributed by atoms with van der Waals surface area (Å²) in [5.74, 6) is 2.27. The summed E-state index contributed by atoms with van der Waals surface area (Å²) < 4.78 is 0. The third-order valence-corrected chi connectivity index (χ3v) is 5.03. The molecule has 3 heteroatoms. The molecule has 1 heterocycles. The summed E-state index contributed by atoms with van der Waals surface area (Å²) in [4.78, 5) is 4.52. The molecular formula is C16H20N2S. The van der Waals surface area contributed by atoms with Gasteiger partial charge in [0.2, 0.25) is 0 Å². The minimum atomic E-state index is 0.586. The maximum absolute atomic E-state index is 4.52. The van der Waals surface area contributed by atoms with Gasteiger partial charge in [-0.1, -0.05) is 31.2 Å². The number of nitrogens with zero attached hydrogens (tertiary/aromatic N) is 1. The average Bonchev–Trinajstić information content (AvgIpc) is 2.87. The lowest BCUT2D eigenvalue weighted by molar-refractivity contribution is 0.753. The van der Waals surface area contributed by atoms with Crippen LogP contribution in [0.2, 0.25) is 0 Å². The summed E-state index contributed by atoms with van der Waals surface area (Å²) >= 11 is 2.10. The van der Waals surface area contributed by atoms with Gasteiger partial charge in [-0.05, 0) is 36.5 Å². The van der Waals surface area contributed by atoms with E-state index in [1.54, 1.807) is 0 Å². The topological polar surface area (TPSA) is 24.9 Å². The molecule has 0 amide bonds. The third kappa shape index (κ3) is 2.86. The molecule has 1 N–H and O–H groups in total. The maximum Gasteiger partial charge on any atom is 0.134 e. The van der Waals surface area contributed by atoms with E-state index >= 15 is 0 Å². The van der Waals surface area contributed by atoms with Crippen molar-refractivity contribution in [1.82, 2.24) is 4.98 Å². The Kier molecular flexibility index (Phi) is 3.92. The Morgan fingerprint density at radius 1 is 1.26 bits per heavy atom. The minimum absolute atomic E-state index is 0.586. The summed E-state index contributed by atoms with van der Waals surface area (Å²) in [6.07, 6.45) is 5.77. The van der Waals surface area contributed by atoms with Gasteiger partial charge in [0, 0.05) is 22.9 Å². The van der Waals surface area contributed by atoms with Crippen LogP contribution in [0.25, 0.3) is 10.8 Å². The molecule has 1 aromatic carbocycles. The number of pyridine rings is 1. The average molecular weight is 272 g/mol. The number of thioether (sulfide) groups is 1. The first-order chi connectivity index (χ1) is 9.36. The molecule has 1 fully saturated rings. The van der Waals surface area contributed by atoms with Crippen LogP contribution >= 0.6 is 11.8 Å². The second kappa shape index (κ2) is 5.83. The molecule has 1 saturated carbocycles. The van der Waals surface area contributed by atoms with Gasteiger partial charge in [0.1, 0.15) is 5.82 Å². The van der Waals surface area contributed by atoms with Gasteiger partial charge in [-0.25, -0.2) is 4.98 Å². The number of benzene rings is 1. The summed E-state index contributed by atoms with van der Waals surface area (Å²) in [7, 11) is 0. The second-order valence-corrected chi connectivity index (χ2v) is 6.69. The fourth-order valence-electron chi connectivity index (χ4n) is 2.89. The molecule has 0 aliphatic heterocycles. The highest BCUT2D eigenvalue weighted by Gasteiger charge is 2.24. The quantitative estimate of drug-likeness (QED) is 0.897. The zero-order valence-corrected chi connectivity index (χ0v) is 12.1. The molecule has 2 unspecified atom stereocenters. The van der Waals surface area contributed by atoms with Crippen LogP contribution in [0, 0.1) is 0 Å². The Balaban J connectivity index is 1.75. The van der Waals surface area contributed by atoms with E-state index in [4.69, 9.17) is 0 Å². The highest BCUT2D eigenvalue weighted by Crippen LogP contribution is 2.32. The van der Waals surface area contributed by atoms with Gasteiger partial charge in [-0.3, -0.25) is 0 Å². The first-order valence-corrected chi connectivity index (χ1v) is 8.13. The lowest BCUT2D eigenvalue weighted by atomic mass is 10.1. The zero-order valence-electron chi connectivity index (χ0n) is 11.3. The molecule has 2 aromatic rings. The van der Waals surface area contributed by atoms with E-state index in [9.17, 15) is 0 Å². The Bertz CT molecular complexity index is 550. The molecule has 0 saturated heterocycles. The zero-order chi connectivity index (χ0) is 13.1. The summed E-state index contributed by atoms with van der Waals surface area (Å²) in [6.45, 7) is 2.25. The second-order valence-electron chi connectivity index (χ2n) is 5.11. The van der Waals surface area contributed by atoms with Crippen LogP contribution < -0.4 is 5.32 Å². The van der Waals surface area contributed by atoms with Crippen LogP contribution in [-0.4, -0.2) is 22.0 Å². The minimum Gasteiger partial charge on any atom is -0.367 e. The highest BCUT2D eigenvalue weighted by atomic mass is 32.2. The van der Waals surface area contributed by atoms with Crippen LogP contribution in [-0.2, 0) is 0 Å².